The van der Waals surface area contributed by atoms with Crippen molar-refractivity contribution < 1.29 is 9.15 Å². The Bertz CT molecular complexity index is 1180. The highest BCUT2D eigenvalue weighted by molar-refractivity contribution is 7.13. The average Bonchev–Trinajstić information content (AvgIpc) is 3.32. The molecule has 4 rings (SSSR count). The van der Waals surface area contributed by atoms with Gasteiger partial charge in [-0.2, -0.15) is 5.26 Å². The molecule has 0 bridgehead atoms. The molecule has 0 N–H and O–H groups in total. The molecule has 0 aliphatic rings. The molecule has 0 saturated carbocycles. The number of hydrogen-bond donors (Lipinski definition) is 0. The predicted molar refractivity (Wildman–Crippen MR) is 112 cm³/mol. The van der Waals surface area contributed by atoms with E-state index in [4.69, 9.17) is 19.4 Å². The summed E-state index contributed by atoms with van der Waals surface area (Å²) in [5.41, 5.74) is 3.49. The zero-order chi connectivity index (χ0) is 19.7. The van der Waals surface area contributed by atoms with Gasteiger partial charge in [-0.1, -0.05) is 32.9 Å². The minimum atomic E-state index is 0.0185. The molecule has 0 aliphatic carbocycles. The van der Waals surface area contributed by atoms with Crippen LogP contribution in [-0.2, 0) is 12.0 Å². The lowest BCUT2D eigenvalue weighted by molar-refractivity contribution is 0.306. The van der Waals surface area contributed by atoms with Gasteiger partial charge in [0, 0.05) is 16.2 Å². The van der Waals surface area contributed by atoms with E-state index in [0.29, 0.717) is 12.2 Å². The first kappa shape index (κ1) is 18.3. The minimum absolute atomic E-state index is 0.0185. The van der Waals surface area contributed by atoms with E-state index in [2.05, 4.69) is 32.2 Å². The van der Waals surface area contributed by atoms with Crippen LogP contribution in [0.5, 0.6) is 5.75 Å². The number of nitriles is 1. The minimum Gasteiger partial charge on any atom is -0.489 e. The molecule has 0 atom stereocenters. The molecule has 5 heteroatoms. The van der Waals surface area contributed by atoms with Crippen molar-refractivity contribution in [3.05, 3.63) is 70.7 Å². The topological polar surface area (TPSA) is 59.0 Å². The lowest BCUT2D eigenvalue weighted by Crippen LogP contribution is -2.11. The Hall–Kier alpha value is -3.10. The van der Waals surface area contributed by atoms with Crippen molar-refractivity contribution in [1.82, 2.24) is 4.98 Å². The van der Waals surface area contributed by atoms with Gasteiger partial charge in [-0.25, -0.2) is 4.98 Å². The van der Waals surface area contributed by atoms with E-state index >= 15 is 0 Å². The van der Waals surface area contributed by atoms with Crippen molar-refractivity contribution in [2.75, 3.05) is 0 Å². The molecule has 2 aromatic heterocycles. The summed E-state index contributed by atoms with van der Waals surface area (Å²) in [6.45, 7) is 6.87. The maximum atomic E-state index is 9.00. The average molecular weight is 388 g/mol. The molecule has 0 spiro atoms. The normalized spacial score (nSPS) is 11.5. The van der Waals surface area contributed by atoms with Crippen molar-refractivity contribution in [1.29, 1.82) is 5.26 Å². The zero-order valence-electron chi connectivity index (χ0n) is 16.0. The van der Waals surface area contributed by atoms with Gasteiger partial charge in [-0.3, -0.25) is 0 Å². The summed E-state index contributed by atoms with van der Waals surface area (Å²) in [6.07, 6.45) is 0. The summed E-state index contributed by atoms with van der Waals surface area (Å²) in [4.78, 5) is 4.73. The number of rotatable bonds is 4. The van der Waals surface area contributed by atoms with E-state index in [1.165, 1.54) is 0 Å². The number of nitrogens with zero attached hydrogens (tertiary/aromatic N) is 2. The highest BCUT2D eigenvalue weighted by Gasteiger charge is 2.19. The Morgan fingerprint density at radius 2 is 2.00 bits per heavy atom. The number of benzene rings is 2. The summed E-state index contributed by atoms with van der Waals surface area (Å²) < 4.78 is 11.9. The Morgan fingerprint density at radius 1 is 1.14 bits per heavy atom. The Labute approximate surface area is 168 Å². The largest absolute Gasteiger partial charge is 0.489 e. The fourth-order valence-corrected chi connectivity index (χ4v) is 3.84. The van der Waals surface area contributed by atoms with Gasteiger partial charge in [0.1, 0.15) is 17.9 Å². The van der Waals surface area contributed by atoms with Crippen LogP contribution in [-0.4, -0.2) is 4.98 Å². The third kappa shape index (κ3) is 3.78. The Morgan fingerprint density at radius 3 is 2.75 bits per heavy atom. The summed E-state index contributed by atoms with van der Waals surface area (Å²) in [7, 11) is 0. The summed E-state index contributed by atoms with van der Waals surface area (Å²) in [6, 6.07) is 17.4. The quantitative estimate of drug-likeness (QED) is 0.411. The van der Waals surface area contributed by atoms with E-state index < -0.39 is 0 Å². The van der Waals surface area contributed by atoms with Gasteiger partial charge >= 0.3 is 0 Å². The molecule has 0 fully saturated rings. The van der Waals surface area contributed by atoms with E-state index in [1.54, 1.807) is 17.4 Å². The van der Waals surface area contributed by atoms with Crippen LogP contribution in [0.25, 0.3) is 21.7 Å². The first-order valence-corrected chi connectivity index (χ1v) is 9.92. The van der Waals surface area contributed by atoms with Crippen molar-refractivity contribution in [2.45, 2.75) is 32.8 Å². The number of thiazole rings is 1. The van der Waals surface area contributed by atoms with Crippen LogP contribution in [0, 0.1) is 11.3 Å². The molecule has 2 aromatic carbocycles. The van der Waals surface area contributed by atoms with Crippen LogP contribution in [0.1, 0.15) is 37.6 Å². The number of aromatic nitrogens is 1. The number of ether oxygens (including phenoxy) is 1. The predicted octanol–water partition coefficient (Wildman–Crippen LogP) is 6.30. The highest BCUT2D eigenvalue weighted by Crippen LogP contribution is 2.34. The van der Waals surface area contributed by atoms with Gasteiger partial charge in [0.25, 0.3) is 0 Å². The van der Waals surface area contributed by atoms with Crippen LogP contribution >= 0.6 is 11.3 Å². The smallest absolute Gasteiger partial charge is 0.164 e. The van der Waals surface area contributed by atoms with E-state index in [1.807, 2.05) is 42.5 Å². The van der Waals surface area contributed by atoms with Gasteiger partial charge in [0.2, 0.25) is 0 Å². The number of fused-ring (bicyclic) bond motifs is 1. The molecule has 0 unspecified atom stereocenters. The van der Waals surface area contributed by atoms with E-state index in [-0.39, 0.29) is 5.41 Å². The molecule has 28 heavy (non-hydrogen) atoms. The molecular formula is C23H20N2O2S. The second-order valence-corrected chi connectivity index (χ2v) is 8.56. The van der Waals surface area contributed by atoms with Crippen LogP contribution in [0.3, 0.4) is 0 Å². The lowest BCUT2D eigenvalue weighted by atomic mass is 9.93. The maximum absolute atomic E-state index is 9.00. The molecule has 4 aromatic rings. The molecular weight excluding hydrogens is 368 g/mol. The van der Waals surface area contributed by atoms with Gasteiger partial charge in [0.05, 0.1) is 17.3 Å². The van der Waals surface area contributed by atoms with Crippen LogP contribution < -0.4 is 4.74 Å². The van der Waals surface area contributed by atoms with Crippen molar-refractivity contribution in [3.8, 4) is 22.6 Å². The third-order valence-electron chi connectivity index (χ3n) is 4.43. The maximum Gasteiger partial charge on any atom is 0.164 e. The molecule has 0 amide bonds. The third-order valence-corrected chi connectivity index (χ3v) is 5.29. The van der Waals surface area contributed by atoms with Gasteiger partial charge < -0.3 is 9.15 Å². The van der Waals surface area contributed by atoms with Crippen LogP contribution in [0.4, 0.5) is 0 Å². The molecule has 0 aliphatic heterocycles. The second-order valence-electron chi connectivity index (χ2n) is 7.70. The fraction of sp³-hybridized carbons (Fsp3) is 0.217. The summed E-state index contributed by atoms with van der Waals surface area (Å²) >= 11 is 1.60. The SMILES string of the molecule is CC(C)(C)c1csc(-c2cc3cc(OCc4cccc(C#N)c4)ccc3o2)n1. The second kappa shape index (κ2) is 7.14. The van der Waals surface area contributed by atoms with Crippen molar-refractivity contribution in [2.24, 2.45) is 0 Å². The summed E-state index contributed by atoms with van der Waals surface area (Å²) in [5, 5.41) is 13.0. The van der Waals surface area contributed by atoms with Gasteiger partial charge in [0.15, 0.2) is 10.8 Å². The van der Waals surface area contributed by atoms with Crippen molar-refractivity contribution in [3.63, 3.8) is 0 Å². The molecule has 140 valence electrons. The summed E-state index contributed by atoms with van der Waals surface area (Å²) in [5.74, 6) is 1.53. The standard InChI is InChI=1S/C23H20N2O2S/c1-23(2,3)21-14-28-22(25-21)20-11-17-10-18(7-8-19(17)27-20)26-13-16-6-4-5-15(9-16)12-24/h4-11,14H,13H2,1-3H3. The highest BCUT2D eigenvalue weighted by atomic mass is 32.1. The molecule has 0 saturated heterocycles. The van der Waals surface area contributed by atoms with E-state index in [0.717, 1.165) is 38.7 Å². The number of hydrogen-bond acceptors (Lipinski definition) is 5. The van der Waals surface area contributed by atoms with Crippen molar-refractivity contribution >= 4 is 22.3 Å². The first-order chi connectivity index (χ1) is 13.4. The Balaban J connectivity index is 1.55. The lowest BCUT2D eigenvalue weighted by Gasteiger charge is -2.13. The Kier molecular flexibility index (Phi) is 4.66. The van der Waals surface area contributed by atoms with Gasteiger partial charge in [-0.15, -0.1) is 11.3 Å². The van der Waals surface area contributed by atoms with E-state index in [9.17, 15) is 0 Å². The van der Waals surface area contributed by atoms with Gasteiger partial charge in [-0.05, 0) is 42.0 Å². The van der Waals surface area contributed by atoms with Crippen LogP contribution in [0.15, 0.2) is 58.3 Å². The fourth-order valence-electron chi connectivity index (χ4n) is 2.85. The monoisotopic (exact) mass is 388 g/mol. The molecule has 4 nitrogen and oxygen atoms in total. The number of furan rings is 1. The zero-order valence-corrected chi connectivity index (χ0v) is 16.8. The first-order valence-electron chi connectivity index (χ1n) is 9.04. The molecule has 0 radical (unpaired) electrons. The van der Waals surface area contributed by atoms with Crippen LogP contribution in [0.2, 0.25) is 0 Å². The molecule has 2 heterocycles.